The number of hydrazine groups is 1. The first-order chi connectivity index (χ1) is 10.2. The fraction of sp³-hybridized carbons (Fsp3) is 0.0625. The first-order valence-corrected chi connectivity index (χ1v) is 7.20. The van der Waals surface area contributed by atoms with Gasteiger partial charge in [0.25, 0.3) is 0 Å². The van der Waals surface area contributed by atoms with Gasteiger partial charge in [0, 0.05) is 21.6 Å². The standard InChI is InChI=1S/C16H13Cl2N3/c17-13-6-12(7-14(18)9-13)16(21-19)11-4-3-10-2-1-5-20-15(10)8-11/h1-9,16,21H,19H2. The highest BCUT2D eigenvalue weighted by Crippen LogP contribution is 2.28. The van der Waals surface area contributed by atoms with E-state index in [0.717, 1.165) is 22.0 Å². The normalized spacial score (nSPS) is 12.5. The van der Waals surface area contributed by atoms with Gasteiger partial charge in [-0.2, -0.15) is 0 Å². The second-order valence-corrected chi connectivity index (χ2v) is 5.63. The summed E-state index contributed by atoms with van der Waals surface area (Å²) in [5, 5.41) is 2.24. The predicted molar refractivity (Wildman–Crippen MR) is 87.4 cm³/mol. The van der Waals surface area contributed by atoms with Gasteiger partial charge in [-0.1, -0.05) is 41.4 Å². The van der Waals surface area contributed by atoms with E-state index in [-0.39, 0.29) is 6.04 Å². The molecule has 3 nitrogen and oxygen atoms in total. The van der Waals surface area contributed by atoms with Crippen molar-refractivity contribution >= 4 is 34.1 Å². The van der Waals surface area contributed by atoms with Gasteiger partial charge in [0.15, 0.2) is 0 Å². The summed E-state index contributed by atoms with van der Waals surface area (Å²) < 4.78 is 0. The Morgan fingerprint density at radius 2 is 1.71 bits per heavy atom. The molecule has 1 unspecified atom stereocenters. The van der Waals surface area contributed by atoms with E-state index < -0.39 is 0 Å². The van der Waals surface area contributed by atoms with Crippen LogP contribution < -0.4 is 11.3 Å². The molecule has 0 bridgehead atoms. The summed E-state index contributed by atoms with van der Waals surface area (Å²) in [5.41, 5.74) is 5.64. The van der Waals surface area contributed by atoms with E-state index in [2.05, 4.69) is 10.4 Å². The summed E-state index contributed by atoms with van der Waals surface area (Å²) in [6.45, 7) is 0. The maximum absolute atomic E-state index is 6.07. The van der Waals surface area contributed by atoms with Crippen LogP contribution in [0.1, 0.15) is 17.2 Å². The first-order valence-electron chi connectivity index (χ1n) is 6.44. The van der Waals surface area contributed by atoms with E-state index in [0.29, 0.717) is 10.0 Å². The van der Waals surface area contributed by atoms with Crippen molar-refractivity contribution < 1.29 is 0 Å². The average molecular weight is 318 g/mol. The van der Waals surface area contributed by atoms with Crippen LogP contribution >= 0.6 is 23.2 Å². The molecule has 21 heavy (non-hydrogen) atoms. The molecule has 0 aliphatic rings. The largest absolute Gasteiger partial charge is 0.271 e. The first kappa shape index (κ1) is 14.3. The summed E-state index contributed by atoms with van der Waals surface area (Å²) in [4.78, 5) is 4.37. The number of nitrogens with zero attached hydrogens (tertiary/aromatic N) is 1. The lowest BCUT2D eigenvalue weighted by atomic mass is 9.98. The molecule has 0 fully saturated rings. The van der Waals surface area contributed by atoms with Crippen molar-refractivity contribution in [2.75, 3.05) is 0 Å². The Morgan fingerprint density at radius 3 is 2.43 bits per heavy atom. The average Bonchev–Trinajstić information content (AvgIpc) is 2.47. The number of benzene rings is 2. The quantitative estimate of drug-likeness (QED) is 0.565. The lowest BCUT2D eigenvalue weighted by Gasteiger charge is -2.18. The zero-order valence-corrected chi connectivity index (χ0v) is 12.6. The molecule has 0 aliphatic carbocycles. The van der Waals surface area contributed by atoms with E-state index in [1.54, 1.807) is 12.3 Å². The van der Waals surface area contributed by atoms with Crippen LogP contribution in [0.25, 0.3) is 10.9 Å². The third-order valence-corrected chi connectivity index (χ3v) is 3.78. The number of pyridine rings is 1. The maximum Gasteiger partial charge on any atom is 0.0711 e. The monoisotopic (exact) mass is 317 g/mol. The fourth-order valence-electron chi connectivity index (χ4n) is 2.39. The topological polar surface area (TPSA) is 50.9 Å². The van der Waals surface area contributed by atoms with Gasteiger partial charge in [-0.3, -0.25) is 10.8 Å². The van der Waals surface area contributed by atoms with Crippen LogP contribution in [-0.2, 0) is 0 Å². The highest BCUT2D eigenvalue weighted by atomic mass is 35.5. The number of hydrogen-bond donors (Lipinski definition) is 2. The molecule has 0 saturated heterocycles. The van der Waals surface area contributed by atoms with Crippen LogP contribution in [-0.4, -0.2) is 4.98 Å². The Labute approximate surface area is 132 Å². The zero-order valence-electron chi connectivity index (χ0n) is 11.1. The molecule has 1 aromatic heterocycles. The minimum absolute atomic E-state index is 0.201. The van der Waals surface area contributed by atoms with E-state index in [1.807, 2.05) is 42.5 Å². The Morgan fingerprint density at radius 1 is 0.952 bits per heavy atom. The second kappa shape index (κ2) is 6.00. The number of aromatic nitrogens is 1. The molecule has 0 aliphatic heterocycles. The molecule has 3 N–H and O–H groups in total. The molecule has 1 heterocycles. The molecule has 106 valence electrons. The molecular weight excluding hydrogens is 305 g/mol. The van der Waals surface area contributed by atoms with Crippen LogP contribution in [0.2, 0.25) is 10.0 Å². The SMILES string of the molecule is NNC(c1cc(Cl)cc(Cl)c1)c1ccc2cccnc2c1. The van der Waals surface area contributed by atoms with Crippen LogP contribution in [0.5, 0.6) is 0 Å². The van der Waals surface area contributed by atoms with Gasteiger partial charge < -0.3 is 0 Å². The molecule has 5 heteroatoms. The van der Waals surface area contributed by atoms with Crippen molar-refractivity contribution in [3.05, 3.63) is 75.9 Å². The van der Waals surface area contributed by atoms with E-state index in [4.69, 9.17) is 29.0 Å². The molecule has 0 radical (unpaired) electrons. The van der Waals surface area contributed by atoms with Crippen molar-refractivity contribution in [2.24, 2.45) is 5.84 Å². The summed E-state index contributed by atoms with van der Waals surface area (Å²) >= 11 is 12.1. The number of hydrogen-bond acceptors (Lipinski definition) is 3. The molecule has 3 rings (SSSR count). The minimum Gasteiger partial charge on any atom is -0.271 e. The fourth-order valence-corrected chi connectivity index (χ4v) is 2.93. The van der Waals surface area contributed by atoms with E-state index in [1.165, 1.54) is 0 Å². The molecule has 0 spiro atoms. The van der Waals surface area contributed by atoms with Crippen molar-refractivity contribution in [2.45, 2.75) is 6.04 Å². The smallest absolute Gasteiger partial charge is 0.0711 e. The van der Waals surface area contributed by atoms with Crippen LogP contribution in [0.15, 0.2) is 54.7 Å². The molecule has 0 amide bonds. The third-order valence-electron chi connectivity index (χ3n) is 3.35. The second-order valence-electron chi connectivity index (χ2n) is 4.76. The summed E-state index contributed by atoms with van der Waals surface area (Å²) in [6.07, 6.45) is 1.77. The van der Waals surface area contributed by atoms with Gasteiger partial charge in [0.05, 0.1) is 11.6 Å². The number of nitrogens with two attached hydrogens (primary N) is 1. The summed E-state index contributed by atoms with van der Waals surface area (Å²) in [5.74, 6) is 5.72. The van der Waals surface area contributed by atoms with Crippen molar-refractivity contribution in [1.82, 2.24) is 10.4 Å². The molecule has 3 aromatic rings. The maximum atomic E-state index is 6.07. The Kier molecular flexibility index (Phi) is 4.08. The predicted octanol–water partition coefficient (Wildman–Crippen LogP) is 4.09. The molecular formula is C16H13Cl2N3. The third kappa shape index (κ3) is 3.01. The van der Waals surface area contributed by atoms with E-state index >= 15 is 0 Å². The molecule has 2 aromatic carbocycles. The van der Waals surface area contributed by atoms with E-state index in [9.17, 15) is 0 Å². The summed E-state index contributed by atoms with van der Waals surface area (Å²) in [7, 11) is 0. The lowest BCUT2D eigenvalue weighted by Crippen LogP contribution is -2.28. The highest BCUT2D eigenvalue weighted by molar-refractivity contribution is 6.34. The number of nitrogens with one attached hydrogen (secondary N) is 1. The Hall–Kier alpha value is -1.65. The zero-order chi connectivity index (χ0) is 14.8. The van der Waals surface area contributed by atoms with Crippen LogP contribution in [0.3, 0.4) is 0 Å². The minimum atomic E-state index is -0.201. The van der Waals surface area contributed by atoms with Gasteiger partial charge in [0.2, 0.25) is 0 Å². The molecule has 1 atom stereocenters. The van der Waals surface area contributed by atoms with Crippen molar-refractivity contribution in [1.29, 1.82) is 0 Å². The lowest BCUT2D eigenvalue weighted by molar-refractivity contribution is 0.637. The van der Waals surface area contributed by atoms with Gasteiger partial charge in [-0.15, -0.1) is 0 Å². The van der Waals surface area contributed by atoms with Crippen molar-refractivity contribution in [3.8, 4) is 0 Å². The van der Waals surface area contributed by atoms with Crippen LogP contribution in [0.4, 0.5) is 0 Å². The molecule has 0 saturated carbocycles. The highest BCUT2D eigenvalue weighted by Gasteiger charge is 2.14. The number of fused-ring (bicyclic) bond motifs is 1. The van der Waals surface area contributed by atoms with Crippen LogP contribution in [0, 0.1) is 0 Å². The number of halogens is 2. The summed E-state index contributed by atoms with van der Waals surface area (Å²) in [6, 6.07) is 15.2. The van der Waals surface area contributed by atoms with Crippen molar-refractivity contribution in [3.63, 3.8) is 0 Å². The Balaban J connectivity index is 2.08. The van der Waals surface area contributed by atoms with Gasteiger partial charge >= 0.3 is 0 Å². The Bertz CT molecular complexity index is 769. The van der Waals surface area contributed by atoms with Gasteiger partial charge in [-0.25, -0.2) is 5.43 Å². The number of rotatable bonds is 3. The van der Waals surface area contributed by atoms with Gasteiger partial charge in [0.1, 0.15) is 0 Å². The van der Waals surface area contributed by atoms with Gasteiger partial charge in [-0.05, 0) is 41.5 Å².